The van der Waals surface area contributed by atoms with Crippen molar-refractivity contribution in [2.45, 2.75) is 27.2 Å². The van der Waals surface area contributed by atoms with Gasteiger partial charge in [-0.3, -0.25) is 4.79 Å². The van der Waals surface area contributed by atoms with E-state index in [1.807, 2.05) is 44.2 Å². The average molecular weight is 664 g/mol. The summed E-state index contributed by atoms with van der Waals surface area (Å²) in [5.74, 6) is 0.649. The maximum atomic E-state index is 12.4. The fourth-order valence-electron chi connectivity index (χ4n) is 4.25. The molecule has 0 aliphatic carbocycles. The number of carbonyl (C=O) groups is 2. The summed E-state index contributed by atoms with van der Waals surface area (Å²) in [4.78, 5) is 38.0. The van der Waals surface area contributed by atoms with Crippen LogP contribution < -0.4 is 32.3 Å². The molecule has 4 heterocycles. The van der Waals surface area contributed by atoms with E-state index in [0.29, 0.717) is 39.4 Å². The number of benzene rings is 1. The fraction of sp³-hybridized carbons (Fsp3) is 0.167. The summed E-state index contributed by atoms with van der Waals surface area (Å²) < 4.78 is 4.30. The normalized spacial score (nSPS) is 13.4. The summed E-state index contributed by atoms with van der Waals surface area (Å²) in [5.41, 5.74) is 12.3. The second kappa shape index (κ2) is 11.7. The number of fused-ring (bicyclic) bond motifs is 1. The van der Waals surface area contributed by atoms with Gasteiger partial charge in [0.05, 0.1) is 4.88 Å². The number of nitrogens with one attached hydrogen (secondary N) is 3. The van der Waals surface area contributed by atoms with Crippen molar-refractivity contribution in [3.05, 3.63) is 90.6 Å². The van der Waals surface area contributed by atoms with Gasteiger partial charge in [0.25, 0.3) is 0 Å². The number of nitrogens with two attached hydrogens (primary N) is 1. The molecule has 1 aliphatic rings. The van der Waals surface area contributed by atoms with Gasteiger partial charge in [0.15, 0.2) is 5.78 Å². The summed E-state index contributed by atoms with van der Waals surface area (Å²) in [6.07, 6.45) is 7.79. The average Bonchev–Trinajstić information content (AvgIpc) is 3.52. The van der Waals surface area contributed by atoms with Crippen molar-refractivity contribution in [1.29, 1.82) is 5.41 Å². The van der Waals surface area contributed by atoms with Crippen molar-refractivity contribution in [2.24, 2.45) is 5.92 Å². The number of nitrogen functional groups attached to an aromatic ring is 1. The molecule has 0 saturated carbocycles. The van der Waals surface area contributed by atoms with E-state index >= 15 is 0 Å². The van der Waals surface area contributed by atoms with Gasteiger partial charge in [-0.25, -0.2) is 0 Å². The van der Waals surface area contributed by atoms with Crippen molar-refractivity contribution in [2.75, 3.05) is 5.73 Å². The van der Waals surface area contributed by atoms with Gasteiger partial charge in [-0.2, -0.15) is 0 Å². The van der Waals surface area contributed by atoms with E-state index in [2.05, 4.69) is 23.5 Å². The number of anilines is 1. The van der Waals surface area contributed by atoms with Gasteiger partial charge >= 0.3 is 219 Å². The van der Waals surface area contributed by atoms with Crippen molar-refractivity contribution in [3.63, 3.8) is 0 Å². The molecule has 0 atom stereocenters. The molecule has 4 aromatic rings. The Morgan fingerprint density at radius 1 is 1.20 bits per heavy atom. The van der Waals surface area contributed by atoms with Crippen LogP contribution in [0.5, 0.6) is 0 Å². The SMILES string of the molecule is CC(=O)c1ccc(-c2cncc3[nH]c(C(=N)c4cc(C5=C[I-]C=CC(NC(=O)CC(C)C)=C5)ccc4N)nc23)s1. The minimum atomic E-state index is -0.347. The van der Waals surface area contributed by atoms with Crippen molar-refractivity contribution < 1.29 is 30.8 Å². The topological polar surface area (TPSA) is 138 Å². The van der Waals surface area contributed by atoms with Crippen LogP contribution in [0.15, 0.2) is 68.7 Å². The molecular formula is C30H28IN6O2S-. The first-order valence-corrected chi connectivity index (χ1v) is 15.9. The number of Topliss-reactive ketones (excluding diaryl/α,β-unsaturated/α-hetero) is 1. The van der Waals surface area contributed by atoms with Gasteiger partial charge in [-0.15, -0.1) is 0 Å². The number of aromatic nitrogens is 3. The van der Waals surface area contributed by atoms with Crippen LogP contribution in [-0.2, 0) is 4.79 Å². The Labute approximate surface area is 246 Å². The van der Waals surface area contributed by atoms with Crippen LogP contribution in [0.25, 0.3) is 27.0 Å². The van der Waals surface area contributed by atoms with Gasteiger partial charge in [-0.05, 0) is 13.0 Å². The van der Waals surface area contributed by atoms with Crippen LogP contribution >= 0.6 is 11.3 Å². The van der Waals surface area contributed by atoms with Gasteiger partial charge in [-0.1, -0.05) is 0 Å². The summed E-state index contributed by atoms with van der Waals surface area (Å²) in [6, 6.07) is 9.32. The summed E-state index contributed by atoms with van der Waals surface area (Å²) in [5, 5.41) is 12.0. The number of imidazole rings is 1. The van der Waals surface area contributed by atoms with E-state index in [4.69, 9.17) is 16.1 Å². The number of pyridine rings is 1. The zero-order valence-corrected chi connectivity index (χ0v) is 25.2. The van der Waals surface area contributed by atoms with Gasteiger partial charge < -0.3 is 0 Å². The number of H-pyrrole nitrogens is 1. The van der Waals surface area contributed by atoms with Crippen LogP contribution in [0, 0.1) is 11.3 Å². The predicted molar refractivity (Wildman–Crippen MR) is 157 cm³/mol. The third kappa shape index (κ3) is 5.97. The molecule has 40 heavy (non-hydrogen) atoms. The van der Waals surface area contributed by atoms with Crippen molar-refractivity contribution in [1.82, 2.24) is 20.3 Å². The van der Waals surface area contributed by atoms with Crippen LogP contribution in [0.2, 0.25) is 0 Å². The van der Waals surface area contributed by atoms with Gasteiger partial charge in [0.2, 0.25) is 0 Å². The number of ketones is 1. The number of carbonyl (C=O) groups excluding carboxylic acids is 2. The number of hydrogen-bond donors (Lipinski definition) is 4. The number of rotatable bonds is 8. The molecule has 5 rings (SSSR count). The van der Waals surface area contributed by atoms with E-state index in [-0.39, 0.29) is 44.5 Å². The predicted octanol–water partition coefficient (Wildman–Crippen LogP) is 2.89. The Balaban J connectivity index is 1.47. The number of thiophene rings is 1. The van der Waals surface area contributed by atoms with E-state index in [1.165, 1.54) is 11.3 Å². The zero-order chi connectivity index (χ0) is 28.4. The summed E-state index contributed by atoms with van der Waals surface area (Å²) in [7, 11) is 0. The standard InChI is InChI=1S/C30H28IN6O2S/c1-16(2)10-27(39)35-20-8-9-31-13-19(11-20)18-4-5-23(32)21(12-18)28(33)30-36-24-15-34-14-22(29(24)37-30)26-7-6-25(40-26)17(3)38/h4-9,11-16,33H,10,32H2,1-3H3,(H,35,39)(H,36,37)/q-1. The van der Waals surface area contributed by atoms with E-state index in [9.17, 15) is 9.59 Å². The molecule has 10 heteroatoms. The number of aromatic amines is 1. The molecule has 1 aromatic carbocycles. The zero-order valence-electron chi connectivity index (χ0n) is 22.2. The first kappa shape index (κ1) is 27.7. The molecule has 3 aromatic heterocycles. The Morgan fingerprint density at radius 2 is 2.02 bits per heavy atom. The third-order valence-electron chi connectivity index (χ3n) is 6.19. The van der Waals surface area contributed by atoms with Gasteiger partial charge in [0.1, 0.15) is 0 Å². The van der Waals surface area contributed by atoms with Crippen LogP contribution in [0.4, 0.5) is 5.69 Å². The Morgan fingerprint density at radius 3 is 2.77 bits per heavy atom. The van der Waals surface area contributed by atoms with Crippen LogP contribution in [0.1, 0.15) is 53.8 Å². The number of nitrogens with zero attached hydrogens (tertiary/aromatic N) is 2. The van der Waals surface area contributed by atoms with Crippen LogP contribution in [-0.4, -0.2) is 32.4 Å². The second-order valence-corrected chi connectivity index (χ2v) is 12.9. The molecule has 204 valence electrons. The maximum absolute atomic E-state index is 12.4. The van der Waals surface area contributed by atoms with Crippen LogP contribution in [0.3, 0.4) is 0 Å². The molecule has 0 saturated heterocycles. The third-order valence-corrected chi connectivity index (χ3v) is 9.21. The molecule has 5 N–H and O–H groups in total. The molecule has 0 unspecified atom stereocenters. The van der Waals surface area contributed by atoms with Crippen molar-refractivity contribution >= 4 is 51.0 Å². The number of allylic oxidation sites excluding steroid dienone is 3. The number of halogens is 1. The Bertz CT molecular complexity index is 1740. The second-order valence-electron chi connectivity index (χ2n) is 9.79. The van der Waals surface area contributed by atoms with E-state index < -0.39 is 0 Å². The van der Waals surface area contributed by atoms with E-state index in [0.717, 1.165) is 27.3 Å². The Kier molecular flexibility index (Phi) is 8.08. The summed E-state index contributed by atoms with van der Waals surface area (Å²) in [6.45, 7) is 5.58. The molecule has 1 aliphatic heterocycles. The minimum absolute atomic E-state index is 0.0102. The molecule has 0 bridgehead atoms. The number of hydrogen-bond acceptors (Lipinski definition) is 7. The van der Waals surface area contributed by atoms with Gasteiger partial charge in [0, 0.05) is 0 Å². The molecule has 0 fully saturated rings. The quantitative estimate of drug-likeness (QED) is 0.0995. The van der Waals surface area contributed by atoms with Crippen molar-refractivity contribution in [3.8, 4) is 10.4 Å². The molecule has 1 amide bonds. The molecule has 0 spiro atoms. The first-order chi connectivity index (χ1) is 19.2. The number of amides is 1. The van der Waals surface area contributed by atoms with E-state index in [1.54, 1.807) is 31.5 Å². The first-order valence-electron chi connectivity index (χ1n) is 12.6. The summed E-state index contributed by atoms with van der Waals surface area (Å²) >= 11 is 1.05. The molecule has 0 radical (unpaired) electrons. The molecule has 8 nitrogen and oxygen atoms in total. The monoisotopic (exact) mass is 663 g/mol. The fourth-order valence-corrected chi connectivity index (χ4v) is 6.89. The molecular weight excluding hydrogens is 635 g/mol. The Hall–Kier alpha value is -3.90.